The summed E-state index contributed by atoms with van der Waals surface area (Å²) in [5.41, 5.74) is 4.14. The first-order chi connectivity index (χ1) is 13.2. The van der Waals surface area contributed by atoms with Gasteiger partial charge >= 0.3 is 0 Å². The number of para-hydroxylation sites is 2. The van der Waals surface area contributed by atoms with Crippen LogP contribution >= 0.6 is 0 Å². The Bertz CT molecular complexity index is 935. The molecule has 0 atom stereocenters. The van der Waals surface area contributed by atoms with Crippen LogP contribution in [0.15, 0.2) is 59.0 Å². The number of hydrogen-bond acceptors (Lipinski definition) is 4. The quantitative estimate of drug-likeness (QED) is 0.668. The average molecular weight is 361 g/mol. The Kier molecular flexibility index (Phi) is 5.03. The first-order valence-electron chi connectivity index (χ1n) is 9.28. The highest BCUT2D eigenvalue weighted by atomic mass is 16.3. The van der Waals surface area contributed by atoms with E-state index in [1.165, 1.54) is 11.1 Å². The van der Waals surface area contributed by atoms with Gasteiger partial charge in [0, 0.05) is 44.9 Å². The van der Waals surface area contributed by atoms with Crippen molar-refractivity contribution >= 4 is 23.1 Å². The van der Waals surface area contributed by atoms with E-state index in [0.717, 1.165) is 43.8 Å². The van der Waals surface area contributed by atoms with Gasteiger partial charge in [-0.3, -0.25) is 9.69 Å². The molecular formula is C22H23N3O2. The predicted molar refractivity (Wildman–Crippen MR) is 106 cm³/mol. The number of oxazole rings is 1. The molecule has 2 heterocycles. The van der Waals surface area contributed by atoms with Crippen LogP contribution in [-0.4, -0.2) is 46.9 Å². The molecule has 27 heavy (non-hydrogen) atoms. The number of hydrogen-bond donors (Lipinski definition) is 0. The molecule has 0 aliphatic carbocycles. The number of aryl methyl sites for hydroxylation is 1. The topological polar surface area (TPSA) is 49.6 Å². The monoisotopic (exact) mass is 361 g/mol. The summed E-state index contributed by atoms with van der Waals surface area (Å²) in [6.45, 7) is 6.30. The van der Waals surface area contributed by atoms with Crippen molar-refractivity contribution < 1.29 is 9.21 Å². The first kappa shape index (κ1) is 17.5. The summed E-state index contributed by atoms with van der Waals surface area (Å²) in [5.74, 6) is 0.468. The zero-order valence-corrected chi connectivity index (χ0v) is 15.5. The van der Waals surface area contributed by atoms with E-state index in [9.17, 15) is 4.79 Å². The van der Waals surface area contributed by atoms with Gasteiger partial charge in [0.25, 0.3) is 0 Å². The van der Waals surface area contributed by atoms with Crippen molar-refractivity contribution in [3.05, 3.63) is 71.6 Å². The molecule has 0 spiro atoms. The average Bonchev–Trinajstić information content (AvgIpc) is 3.10. The summed E-state index contributed by atoms with van der Waals surface area (Å²) in [7, 11) is 0. The van der Waals surface area contributed by atoms with E-state index in [1.807, 2.05) is 29.2 Å². The molecule has 0 N–H and O–H groups in total. The lowest BCUT2D eigenvalue weighted by atomic mass is 10.1. The number of rotatable bonds is 4. The van der Waals surface area contributed by atoms with Gasteiger partial charge in [-0.1, -0.05) is 42.0 Å². The van der Waals surface area contributed by atoms with Crippen molar-refractivity contribution in [3.8, 4) is 0 Å². The Labute approximate surface area is 158 Å². The SMILES string of the molecule is Cc1cccc(CN2CCN(C(=O)/C=C/c3nc4ccccc4o3)CC2)c1. The number of fused-ring (bicyclic) bond motifs is 1. The van der Waals surface area contributed by atoms with Crippen LogP contribution in [0.1, 0.15) is 17.0 Å². The van der Waals surface area contributed by atoms with Gasteiger partial charge in [0.15, 0.2) is 5.58 Å². The van der Waals surface area contributed by atoms with Crippen LogP contribution in [0.3, 0.4) is 0 Å². The van der Waals surface area contributed by atoms with Gasteiger partial charge in [-0.05, 0) is 24.6 Å². The van der Waals surface area contributed by atoms with Crippen molar-refractivity contribution in [2.45, 2.75) is 13.5 Å². The number of benzene rings is 2. The lowest BCUT2D eigenvalue weighted by Crippen LogP contribution is -2.47. The molecule has 0 radical (unpaired) electrons. The summed E-state index contributed by atoms with van der Waals surface area (Å²) in [6.07, 6.45) is 3.21. The molecule has 1 aromatic heterocycles. The number of carbonyl (C=O) groups is 1. The Morgan fingerprint density at radius 1 is 1.11 bits per heavy atom. The maximum Gasteiger partial charge on any atom is 0.246 e. The highest BCUT2D eigenvalue weighted by Gasteiger charge is 2.19. The van der Waals surface area contributed by atoms with Gasteiger partial charge in [-0.15, -0.1) is 0 Å². The smallest absolute Gasteiger partial charge is 0.246 e. The molecule has 1 saturated heterocycles. The molecule has 3 aromatic rings. The molecule has 4 rings (SSSR count). The van der Waals surface area contributed by atoms with Crippen LogP contribution in [0, 0.1) is 6.92 Å². The molecule has 2 aromatic carbocycles. The van der Waals surface area contributed by atoms with Crippen molar-refractivity contribution in [2.75, 3.05) is 26.2 Å². The van der Waals surface area contributed by atoms with E-state index in [1.54, 1.807) is 12.2 Å². The zero-order valence-electron chi connectivity index (χ0n) is 15.5. The van der Waals surface area contributed by atoms with E-state index in [-0.39, 0.29) is 5.91 Å². The minimum absolute atomic E-state index is 0.00691. The fourth-order valence-electron chi connectivity index (χ4n) is 3.40. The molecule has 138 valence electrons. The van der Waals surface area contributed by atoms with Gasteiger partial charge in [-0.25, -0.2) is 4.98 Å². The lowest BCUT2D eigenvalue weighted by molar-refractivity contribution is -0.127. The molecule has 0 saturated carbocycles. The van der Waals surface area contributed by atoms with Crippen LogP contribution in [0.5, 0.6) is 0 Å². The van der Waals surface area contributed by atoms with Crippen LogP contribution < -0.4 is 0 Å². The molecule has 1 aliphatic heterocycles. The number of amides is 1. The molecule has 0 bridgehead atoms. The molecule has 5 heteroatoms. The van der Waals surface area contributed by atoms with E-state index in [0.29, 0.717) is 5.89 Å². The third-order valence-electron chi connectivity index (χ3n) is 4.85. The molecule has 1 amide bonds. The summed E-state index contributed by atoms with van der Waals surface area (Å²) < 4.78 is 5.62. The first-order valence-corrected chi connectivity index (χ1v) is 9.28. The van der Waals surface area contributed by atoms with Crippen LogP contribution in [0.4, 0.5) is 0 Å². The maximum absolute atomic E-state index is 12.4. The number of aromatic nitrogens is 1. The second kappa shape index (κ2) is 7.76. The predicted octanol–water partition coefficient (Wildman–Crippen LogP) is 3.49. The molecular weight excluding hydrogens is 338 g/mol. The van der Waals surface area contributed by atoms with Crippen molar-refractivity contribution in [1.29, 1.82) is 0 Å². The third-order valence-corrected chi connectivity index (χ3v) is 4.85. The Morgan fingerprint density at radius 3 is 2.70 bits per heavy atom. The van der Waals surface area contributed by atoms with E-state index in [2.05, 4.69) is 41.1 Å². The largest absolute Gasteiger partial charge is 0.437 e. The van der Waals surface area contributed by atoms with Crippen molar-refractivity contribution in [1.82, 2.24) is 14.8 Å². The van der Waals surface area contributed by atoms with Crippen LogP contribution in [-0.2, 0) is 11.3 Å². The Hall–Kier alpha value is -2.92. The number of carbonyl (C=O) groups excluding carboxylic acids is 1. The normalized spacial score (nSPS) is 15.7. The fraction of sp³-hybridized carbons (Fsp3) is 0.273. The lowest BCUT2D eigenvalue weighted by Gasteiger charge is -2.34. The zero-order chi connectivity index (χ0) is 18.6. The van der Waals surface area contributed by atoms with Crippen LogP contribution in [0.2, 0.25) is 0 Å². The molecule has 1 fully saturated rings. The second-order valence-electron chi connectivity index (χ2n) is 6.94. The highest BCUT2D eigenvalue weighted by molar-refractivity contribution is 5.91. The molecule has 0 unspecified atom stereocenters. The van der Waals surface area contributed by atoms with Crippen molar-refractivity contribution in [3.63, 3.8) is 0 Å². The summed E-state index contributed by atoms with van der Waals surface area (Å²) >= 11 is 0. The summed E-state index contributed by atoms with van der Waals surface area (Å²) in [5, 5.41) is 0. The minimum atomic E-state index is 0.00691. The van der Waals surface area contributed by atoms with Gasteiger partial charge in [-0.2, -0.15) is 0 Å². The standard InChI is InChI=1S/C22H23N3O2/c1-17-5-4-6-18(15-17)16-24-11-13-25(14-12-24)22(26)10-9-21-23-19-7-2-3-8-20(19)27-21/h2-10,15H,11-14,16H2,1H3/b10-9+. The second-order valence-corrected chi connectivity index (χ2v) is 6.94. The van der Waals surface area contributed by atoms with Gasteiger partial charge in [0.05, 0.1) is 0 Å². The van der Waals surface area contributed by atoms with E-state index < -0.39 is 0 Å². The number of piperazine rings is 1. The van der Waals surface area contributed by atoms with Crippen molar-refractivity contribution in [2.24, 2.45) is 0 Å². The Balaban J connectivity index is 1.31. The third kappa shape index (κ3) is 4.26. The van der Waals surface area contributed by atoms with E-state index in [4.69, 9.17) is 4.42 Å². The fourth-order valence-corrected chi connectivity index (χ4v) is 3.40. The van der Waals surface area contributed by atoms with Gasteiger partial charge in [0.2, 0.25) is 11.8 Å². The van der Waals surface area contributed by atoms with Gasteiger partial charge < -0.3 is 9.32 Å². The molecule has 5 nitrogen and oxygen atoms in total. The summed E-state index contributed by atoms with van der Waals surface area (Å²) in [6, 6.07) is 16.2. The minimum Gasteiger partial charge on any atom is -0.437 e. The highest BCUT2D eigenvalue weighted by Crippen LogP contribution is 2.16. The molecule has 1 aliphatic rings. The Morgan fingerprint density at radius 2 is 1.93 bits per heavy atom. The van der Waals surface area contributed by atoms with Gasteiger partial charge in [0.1, 0.15) is 5.52 Å². The van der Waals surface area contributed by atoms with Crippen LogP contribution in [0.25, 0.3) is 17.2 Å². The van der Waals surface area contributed by atoms with E-state index >= 15 is 0 Å². The summed E-state index contributed by atoms with van der Waals surface area (Å²) in [4.78, 5) is 21.1. The maximum atomic E-state index is 12.4. The number of nitrogens with zero attached hydrogens (tertiary/aromatic N) is 3.